The third-order valence-corrected chi connectivity index (χ3v) is 9.09. The van der Waals surface area contributed by atoms with E-state index in [9.17, 15) is 14.4 Å². The minimum absolute atomic E-state index is 0.115. The van der Waals surface area contributed by atoms with E-state index in [1.54, 1.807) is 12.1 Å². The zero-order chi connectivity index (χ0) is 28.4. The van der Waals surface area contributed by atoms with Crippen molar-refractivity contribution >= 4 is 29.1 Å². The molecule has 4 aliphatic rings. The van der Waals surface area contributed by atoms with Gasteiger partial charge in [-0.05, 0) is 69.8 Å². The summed E-state index contributed by atoms with van der Waals surface area (Å²) in [7, 11) is 0. The van der Waals surface area contributed by atoms with Crippen molar-refractivity contribution in [3.63, 3.8) is 0 Å². The van der Waals surface area contributed by atoms with E-state index in [1.165, 1.54) is 27.2 Å². The summed E-state index contributed by atoms with van der Waals surface area (Å²) < 4.78 is 0. The lowest BCUT2D eigenvalue weighted by molar-refractivity contribution is -0.122. The molecular formula is C37H26N2O3. The maximum Gasteiger partial charge on any atom is 0.255 e. The Bertz CT molecular complexity index is 1760. The monoisotopic (exact) mass is 546 g/mol. The van der Waals surface area contributed by atoms with Gasteiger partial charge >= 0.3 is 0 Å². The molecule has 0 saturated carbocycles. The van der Waals surface area contributed by atoms with E-state index >= 15 is 0 Å². The van der Waals surface area contributed by atoms with E-state index in [0.717, 1.165) is 11.1 Å². The highest BCUT2D eigenvalue weighted by molar-refractivity contribution is 6.23. The van der Waals surface area contributed by atoms with Crippen LogP contribution in [0.25, 0.3) is 11.1 Å². The molecule has 9 rings (SSSR count). The Labute approximate surface area is 243 Å². The van der Waals surface area contributed by atoms with Gasteiger partial charge in [-0.25, -0.2) is 4.90 Å². The fourth-order valence-electron chi connectivity index (χ4n) is 7.27. The molecule has 5 heteroatoms. The highest BCUT2D eigenvalue weighted by Gasteiger charge is 2.61. The van der Waals surface area contributed by atoms with Gasteiger partial charge in [0.1, 0.15) is 0 Å². The number of carbonyl (C=O) groups excluding carboxylic acids is 3. The minimum Gasteiger partial charge on any atom is -0.322 e. The number of anilines is 2. The molecule has 0 radical (unpaired) electrons. The van der Waals surface area contributed by atoms with Crippen molar-refractivity contribution in [3.05, 3.63) is 155 Å². The van der Waals surface area contributed by atoms with Gasteiger partial charge < -0.3 is 5.32 Å². The van der Waals surface area contributed by atoms with Crippen LogP contribution < -0.4 is 10.2 Å². The second-order valence-corrected chi connectivity index (χ2v) is 11.2. The SMILES string of the molecule is O=C(Nc1ccc(-c2ccc(N3C(=O)C4C5c6ccccc6C(c6ccccc65)C4C3=O)cc2)cc1)c1ccccc1. The van der Waals surface area contributed by atoms with E-state index in [0.29, 0.717) is 16.9 Å². The molecule has 1 heterocycles. The van der Waals surface area contributed by atoms with Crippen LogP contribution in [0, 0.1) is 11.8 Å². The van der Waals surface area contributed by atoms with Crippen LogP contribution in [0.5, 0.6) is 0 Å². The van der Waals surface area contributed by atoms with Gasteiger partial charge in [-0.15, -0.1) is 0 Å². The van der Waals surface area contributed by atoms with Crippen LogP contribution in [-0.4, -0.2) is 17.7 Å². The number of benzene rings is 5. The smallest absolute Gasteiger partial charge is 0.255 e. The molecule has 202 valence electrons. The Morgan fingerprint density at radius 3 is 1.43 bits per heavy atom. The van der Waals surface area contributed by atoms with Crippen LogP contribution >= 0.6 is 0 Å². The van der Waals surface area contributed by atoms with Crippen LogP contribution in [0.1, 0.15) is 44.4 Å². The summed E-state index contributed by atoms with van der Waals surface area (Å²) in [5, 5.41) is 2.92. The molecule has 42 heavy (non-hydrogen) atoms. The Morgan fingerprint density at radius 1 is 0.524 bits per heavy atom. The van der Waals surface area contributed by atoms with E-state index in [2.05, 4.69) is 29.6 Å². The zero-order valence-corrected chi connectivity index (χ0v) is 22.6. The number of imide groups is 1. The summed E-state index contributed by atoms with van der Waals surface area (Å²) in [6.07, 6.45) is 0. The lowest BCUT2D eigenvalue weighted by Gasteiger charge is -2.45. The summed E-state index contributed by atoms with van der Waals surface area (Å²) in [4.78, 5) is 41.9. The normalized spacial score (nSPS) is 21.5. The highest BCUT2D eigenvalue weighted by atomic mass is 16.2. The lowest BCUT2D eigenvalue weighted by Crippen LogP contribution is -2.41. The number of carbonyl (C=O) groups is 3. The number of amides is 3. The Balaban J connectivity index is 1.06. The van der Waals surface area contributed by atoms with Gasteiger partial charge in [-0.3, -0.25) is 14.4 Å². The molecule has 1 saturated heterocycles. The predicted molar refractivity (Wildman–Crippen MR) is 162 cm³/mol. The zero-order valence-electron chi connectivity index (χ0n) is 22.6. The molecule has 3 aliphatic carbocycles. The summed E-state index contributed by atoms with van der Waals surface area (Å²) in [5.41, 5.74) is 8.51. The van der Waals surface area contributed by atoms with Crippen molar-refractivity contribution in [1.29, 1.82) is 0 Å². The summed E-state index contributed by atoms with van der Waals surface area (Å²) in [6, 6.07) is 40.9. The van der Waals surface area contributed by atoms with Gasteiger partial charge in [0.15, 0.2) is 0 Å². The molecule has 1 N–H and O–H groups in total. The molecular weight excluding hydrogens is 520 g/mol. The molecule has 5 aromatic rings. The number of nitrogens with zero attached hydrogens (tertiary/aromatic N) is 1. The minimum atomic E-state index is -0.398. The highest BCUT2D eigenvalue weighted by Crippen LogP contribution is 2.61. The number of hydrogen-bond acceptors (Lipinski definition) is 3. The van der Waals surface area contributed by atoms with Crippen LogP contribution in [0.3, 0.4) is 0 Å². The van der Waals surface area contributed by atoms with Gasteiger partial charge in [-0.1, -0.05) is 91.0 Å². The third-order valence-electron chi connectivity index (χ3n) is 9.09. The molecule has 3 amide bonds. The number of nitrogens with one attached hydrogen (secondary N) is 1. The first kappa shape index (κ1) is 24.5. The molecule has 2 unspecified atom stereocenters. The van der Waals surface area contributed by atoms with Crippen molar-refractivity contribution in [2.75, 3.05) is 10.2 Å². The fraction of sp³-hybridized carbons (Fsp3) is 0.108. The summed E-state index contributed by atoms with van der Waals surface area (Å²) >= 11 is 0. The van der Waals surface area contributed by atoms with Crippen LogP contribution in [0.2, 0.25) is 0 Å². The van der Waals surface area contributed by atoms with Gasteiger partial charge in [0.25, 0.3) is 5.91 Å². The standard InChI is InChI=1S/C37H26N2O3/c40-35(24-8-2-1-3-9-24)38-25-18-14-22(15-19-25)23-16-20-26(21-17-23)39-36(41)33-31-27-10-4-5-11-28(27)32(34(33)37(39)42)30-13-7-6-12-29(30)31/h1-21,31-34H,(H,38,40). The molecule has 0 aromatic heterocycles. The van der Waals surface area contributed by atoms with Crippen LogP contribution in [0.4, 0.5) is 11.4 Å². The maximum absolute atomic E-state index is 14.0. The van der Waals surface area contributed by atoms with Crippen LogP contribution in [0.15, 0.2) is 127 Å². The Hall–Kier alpha value is -5.29. The van der Waals surface area contributed by atoms with Crippen molar-refractivity contribution in [2.24, 2.45) is 11.8 Å². The molecule has 0 spiro atoms. The van der Waals surface area contributed by atoms with Crippen molar-refractivity contribution < 1.29 is 14.4 Å². The van der Waals surface area contributed by atoms with Crippen molar-refractivity contribution in [3.8, 4) is 11.1 Å². The summed E-state index contributed by atoms with van der Waals surface area (Å²) in [5.74, 6) is -1.42. The van der Waals surface area contributed by atoms with Gasteiger partial charge in [0.2, 0.25) is 11.8 Å². The second-order valence-electron chi connectivity index (χ2n) is 11.2. The fourth-order valence-corrected chi connectivity index (χ4v) is 7.27. The van der Waals surface area contributed by atoms with Gasteiger partial charge in [0, 0.05) is 23.1 Å². The largest absolute Gasteiger partial charge is 0.322 e. The number of rotatable bonds is 4. The third kappa shape index (κ3) is 3.60. The van der Waals surface area contributed by atoms with E-state index < -0.39 is 11.8 Å². The van der Waals surface area contributed by atoms with Crippen molar-refractivity contribution in [2.45, 2.75) is 11.8 Å². The number of hydrogen-bond donors (Lipinski definition) is 1. The van der Waals surface area contributed by atoms with E-state index in [-0.39, 0.29) is 29.6 Å². The maximum atomic E-state index is 14.0. The Morgan fingerprint density at radius 2 is 0.952 bits per heavy atom. The lowest BCUT2D eigenvalue weighted by atomic mass is 9.55. The Kier molecular flexibility index (Phi) is 5.47. The van der Waals surface area contributed by atoms with Gasteiger partial charge in [-0.2, -0.15) is 0 Å². The van der Waals surface area contributed by atoms with Crippen molar-refractivity contribution in [1.82, 2.24) is 0 Å². The average molecular weight is 547 g/mol. The molecule has 2 bridgehead atoms. The predicted octanol–water partition coefficient (Wildman–Crippen LogP) is 7.00. The van der Waals surface area contributed by atoms with E-state index in [1.807, 2.05) is 91.0 Å². The quantitative estimate of drug-likeness (QED) is 0.247. The molecule has 5 aromatic carbocycles. The first-order valence-electron chi connectivity index (χ1n) is 14.2. The average Bonchev–Trinajstić information content (AvgIpc) is 3.31. The second kappa shape index (κ2) is 9.38. The topological polar surface area (TPSA) is 66.5 Å². The molecule has 2 atom stereocenters. The molecule has 1 aliphatic heterocycles. The summed E-state index contributed by atoms with van der Waals surface area (Å²) in [6.45, 7) is 0. The van der Waals surface area contributed by atoms with Crippen LogP contribution in [-0.2, 0) is 9.59 Å². The molecule has 5 nitrogen and oxygen atoms in total. The first-order chi connectivity index (χ1) is 20.6. The molecule has 1 fully saturated rings. The van der Waals surface area contributed by atoms with Gasteiger partial charge in [0.05, 0.1) is 17.5 Å². The van der Waals surface area contributed by atoms with E-state index in [4.69, 9.17) is 0 Å². The first-order valence-corrected chi connectivity index (χ1v) is 14.2.